The van der Waals surface area contributed by atoms with Crippen LogP contribution in [0.4, 0.5) is 11.4 Å². The van der Waals surface area contributed by atoms with Crippen LogP contribution in [0.2, 0.25) is 0 Å². The number of nitrogens with one attached hydrogen (secondary N) is 1. The van der Waals surface area contributed by atoms with E-state index in [-0.39, 0.29) is 11.7 Å². The Hall–Kier alpha value is -3.38. The van der Waals surface area contributed by atoms with Crippen molar-refractivity contribution in [3.05, 3.63) is 83.4 Å². The molecule has 5 nitrogen and oxygen atoms in total. The number of Topliss-reactive ketones (excluding diaryl/α,β-unsaturated/α-hetero) is 1. The van der Waals surface area contributed by atoms with Crippen molar-refractivity contribution < 1.29 is 14.3 Å². The van der Waals surface area contributed by atoms with E-state index in [0.717, 1.165) is 27.5 Å². The molecule has 1 heterocycles. The molecule has 3 aromatic carbocycles. The number of anilines is 1. The van der Waals surface area contributed by atoms with Gasteiger partial charge in [-0.1, -0.05) is 24.3 Å². The summed E-state index contributed by atoms with van der Waals surface area (Å²) >= 11 is 1.56. The summed E-state index contributed by atoms with van der Waals surface area (Å²) < 4.78 is 5.14. The normalized spacial score (nSPS) is 12.7. The highest BCUT2D eigenvalue weighted by Crippen LogP contribution is 2.33. The number of methoxy groups -OCH3 is 1. The standard InChI is InChI=1S/C25H22N2O3S/c1-16-6-5-7-20-22(28)14-18(26-24(16)20)15-31-23-9-4-3-8-21(23)27-25(29)17-10-12-19(30-2)13-11-17/h3-13H,14-15H2,1-2H3,(H,27,29). The van der Waals surface area contributed by atoms with Crippen molar-refractivity contribution in [3.63, 3.8) is 0 Å². The van der Waals surface area contributed by atoms with Crippen LogP contribution in [0, 0.1) is 6.92 Å². The summed E-state index contributed by atoms with van der Waals surface area (Å²) in [6.07, 6.45) is 0.323. The van der Waals surface area contributed by atoms with E-state index in [0.29, 0.717) is 29.1 Å². The summed E-state index contributed by atoms with van der Waals surface area (Å²) in [4.78, 5) is 30.8. The SMILES string of the molecule is COc1ccc(C(=O)Nc2ccccc2SCC2=Nc3c(C)cccc3C(=O)C2)cc1. The number of thioether (sulfide) groups is 1. The molecule has 4 rings (SSSR count). The molecular weight excluding hydrogens is 408 g/mol. The molecule has 0 aromatic heterocycles. The highest BCUT2D eigenvalue weighted by atomic mass is 32.2. The van der Waals surface area contributed by atoms with Gasteiger partial charge >= 0.3 is 0 Å². The number of hydrogen-bond donors (Lipinski definition) is 1. The van der Waals surface area contributed by atoms with Gasteiger partial charge in [0.15, 0.2) is 5.78 Å². The lowest BCUT2D eigenvalue weighted by molar-refractivity contribution is 0.0997. The largest absolute Gasteiger partial charge is 0.497 e. The number of carbonyl (C=O) groups excluding carboxylic acids is 2. The van der Waals surface area contributed by atoms with Crippen LogP contribution in [0.3, 0.4) is 0 Å². The van der Waals surface area contributed by atoms with Crippen molar-refractivity contribution in [2.45, 2.75) is 18.2 Å². The number of hydrogen-bond acceptors (Lipinski definition) is 5. The van der Waals surface area contributed by atoms with Crippen LogP contribution in [0.25, 0.3) is 0 Å². The lowest BCUT2D eigenvalue weighted by atomic mass is 9.98. The summed E-state index contributed by atoms with van der Waals surface area (Å²) in [5.74, 6) is 1.19. The molecule has 3 aromatic rings. The van der Waals surface area contributed by atoms with Crippen LogP contribution >= 0.6 is 11.8 Å². The maximum Gasteiger partial charge on any atom is 0.255 e. The van der Waals surface area contributed by atoms with Crippen molar-refractivity contribution >= 4 is 40.5 Å². The van der Waals surface area contributed by atoms with Gasteiger partial charge in [0.25, 0.3) is 5.91 Å². The van der Waals surface area contributed by atoms with Crippen LogP contribution in [0.15, 0.2) is 76.6 Å². The van der Waals surface area contributed by atoms with Gasteiger partial charge in [-0.25, -0.2) is 0 Å². The second-order valence-electron chi connectivity index (χ2n) is 7.22. The molecule has 0 spiro atoms. The predicted octanol–water partition coefficient (Wildman–Crippen LogP) is 5.71. The molecule has 156 valence electrons. The smallest absolute Gasteiger partial charge is 0.255 e. The van der Waals surface area contributed by atoms with Gasteiger partial charge < -0.3 is 10.1 Å². The minimum absolute atomic E-state index is 0.102. The fourth-order valence-corrected chi connectivity index (χ4v) is 4.33. The molecule has 0 saturated heterocycles. The van der Waals surface area contributed by atoms with E-state index < -0.39 is 0 Å². The molecule has 0 radical (unpaired) electrons. The first-order valence-electron chi connectivity index (χ1n) is 9.91. The van der Waals surface area contributed by atoms with Crippen molar-refractivity contribution in [2.75, 3.05) is 18.2 Å². The average Bonchev–Trinajstić information content (AvgIpc) is 2.79. The van der Waals surface area contributed by atoms with Gasteiger partial charge in [0.1, 0.15) is 5.75 Å². The van der Waals surface area contributed by atoms with Crippen LogP contribution in [-0.4, -0.2) is 30.3 Å². The fourth-order valence-electron chi connectivity index (χ4n) is 3.39. The highest BCUT2D eigenvalue weighted by Gasteiger charge is 2.21. The maximum absolute atomic E-state index is 12.7. The Bertz CT molecular complexity index is 1170. The summed E-state index contributed by atoms with van der Waals surface area (Å²) in [6, 6.07) is 20.3. The molecule has 0 atom stereocenters. The third-order valence-corrected chi connectivity index (χ3v) is 6.20. The van der Waals surface area contributed by atoms with Crippen molar-refractivity contribution in [3.8, 4) is 5.75 Å². The Kier molecular flexibility index (Phi) is 6.18. The zero-order valence-corrected chi connectivity index (χ0v) is 18.2. The molecule has 0 fully saturated rings. The van der Waals surface area contributed by atoms with Gasteiger partial charge in [-0.15, -0.1) is 11.8 Å². The topological polar surface area (TPSA) is 67.8 Å². The number of amides is 1. The number of fused-ring (bicyclic) bond motifs is 1. The van der Waals surface area contributed by atoms with Crippen molar-refractivity contribution in [2.24, 2.45) is 4.99 Å². The van der Waals surface area contributed by atoms with Gasteiger partial charge in [-0.2, -0.15) is 0 Å². The zero-order valence-electron chi connectivity index (χ0n) is 17.3. The maximum atomic E-state index is 12.7. The fraction of sp³-hybridized carbons (Fsp3) is 0.160. The first-order chi connectivity index (χ1) is 15.0. The van der Waals surface area contributed by atoms with E-state index in [1.165, 1.54) is 0 Å². The molecule has 0 saturated carbocycles. The third kappa shape index (κ3) is 4.70. The average molecular weight is 431 g/mol. The molecular formula is C25H22N2O3S. The number of aliphatic imine (C=N–C) groups is 1. The van der Waals surface area contributed by atoms with E-state index in [9.17, 15) is 9.59 Å². The summed E-state index contributed by atoms with van der Waals surface area (Å²) in [6.45, 7) is 1.97. The number of rotatable bonds is 6. The van der Waals surface area contributed by atoms with Crippen LogP contribution in [-0.2, 0) is 0 Å². The van der Waals surface area contributed by atoms with Gasteiger partial charge in [0.2, 0.25) is 0 Å². The summed E-state index contributed by atoms with van der Waals surface area (Å²) in [7, 11) is 1.59. The monoisotopic (exact) mass is 430 g/mol. The van der Waals surface area contributed by atoms with Crippen LogP contribution in [0.1, 0.15) is 32.7 Å². The van der Waals surface area contributed by atoms with Crippen molar-refractivity contribution in [1.29, 1.82) is 0 Å². The minimum atomic E-state index is -0.189. The number of carbonyl (C=O) groups is 2. The second-order valence-corrected chi connectivity index (χ2v) is 8.23. The number of ether oxygens (including phenoxy) is 1. The minimum Gasteiger partial charge on any atom is -0.497 e. The molecule has 1 amide bonds. The lowest BCUT2D eigenvalue weighted by Crippen LogP contribution is -2.16. The van der Waals surface area contributed by atoms with Crippen LogP contribution in [0.5, 0.6) is 5.75 Å². The lowest BCUT2D eigenvalue weighted by Gasteiger charge is -2.17. The zero-order chi connectivity index (χ0) is 21.8. The molecule has 1 N–H and O–H groups in total. The Labute approximate surface area is 185 Å². The predicted molar refractivity (Wildman–Crippen MR) is 125 cm³/mol. The van der Waals surface area contributed by atoms with E-state index in [2.05, 4.69) is 5.32 Å². The molecule has 1 aliphatic heterocycles. The van der Waals surface area contributed by atoms with Gasteiger partial charge in [0, 0.05) is 27.5 Å². The number of nitrogens with zero attached hydrogens (tertiary/aromatic N) is 1. The van der Waals surface area contributed by atoms with E-state index in [1.54, 1.807) is 43.1 Å². The first-order valence-corrected chi connectivity index (χ1v) is 10.9. The second kappa shape index (κ2) is 9.18. The third-order valence-electron chi connectivity index (χ3n) is 5.05. The molecule has 0 aliphatic carbocycles. The number of ketones is 1. The van der Waals surface area contributed by atoms with E-state index in [1.807, 2.05) is 49.4 Å². The molecule has 1 aliphatic rings. The Balaban J connectivity index is 1.48. The number of para-hydroxylation sites is 2. The van der Waals surface area contributed by atoms with Gasteiger partial charge in [0.05, 0.1) is 24.9 Å². The number of benzene rings is 3. The van der Waals surface area contributed by atoms with Gasteiger partial charge in [-0.3, -0.25) is 14.6 Å². The first kappa shape index (κ1) is 20.9. The summed E-state index contributed by atoms with van der Waals surface area (Å²) in [5.41, 5.74) is 4.59. The Morgan fingerprint density at radius 2 is 1.84 bits per heavy atom. The highest BCUT2D eigenvalue weighted by molar-refractivity contribution is 8.00. The van der Waals surface area contributed by atoms with Crippen LogP contribution < -0.4 is 10.1 Å². The number of aryl methyl sites for hydroxylation is 1. The Morgan fingerprint density at radius 1 is 1.06 bits per heavy atom. The van der Waals surface area contributed by atoms with E-state index >= 15 is 0 Å². The summed E-state index contributed by atoms with van der Waals surface area (Å²) in [5, 5.41) is 2.98. The van der Waals surface area contributed by atoms with Gasteiger partial charge in [-0.05, 0) is 55.0 Å². The van der Waals surface area contributed by atoms with Crippen molar-refractivity contribution in [1.82, 2.24) is 0 Å². The Morgan fingerprint density at radius 3 is 2.61 bits per heavy atom. The molecule has 0 bridgehead atoms. The molecule has 0 unspecified atom stereocenters. The molecule has 6 heteroatoms. The molecule has 31 heavy (non-hydrogen) atoms. The quantitative estimate of drug-likeness (QED) is 0.509. The van der Waals surface area contributed by atoms with E-state index in [4.69, 9.17) is 9.73 Å².